The normalized spacial score (nSPS) is 31.9. The maximum absolute atomic E-state index is 10.6. The molecule has 56 valence electrons. The second kappa shape index (κ2) is 2.28. The van der Waals surface area contributed by atoms with Crippen LogP contribution in [0, 0.1) is 5.92 Å². The molecule has 1 aliphatic heterocycles. The first-order valence-corrected chi connectivity index (χ1v) is 3.13. The van der Waals surface area contributed by atoms with E-state index >= 15 is 0 Å². The van der Waals surface area contributed by atoms with Crippen molar-refractivity contribution < 1.29 is 14.7 Å². The second-order valence-electron chi connectivity index (χ2n) is 2.51. The number of nitrogens with one attached hydrogen (secondary N) is 1. The van der Waals surface area contributed by atoms with Crippen molar-refractivity contribution in [3.63, 3.8) is 0 Å². The molecule has 0 aliphatic carbocycles. The summed E-state index contributed by atoms with van der Waals surface area (Å²) < 4.78 is 0. The smallest absolute Gasteiger partial charge is 0.309 e. The first-order chi connectivity index (χ1) is 4.61. The van der Waals surface area contributed by atoms with E-state index < -0.39 is 11.9 Å². The highest BCUT2D eigenvalue weighted by Gasteiger charge is 2.34. The van der Waals surface area contributed by atoms with E-state index in [0.717, 1.165) is 0 Å². The lowest BCUT2D eigenvalue weighted by molar-refractivity contribution is -0.142. The van der Waals surface area contributed by atoms with Crippen molar-refractivity contribution in [1.82, 2.24) is 5.32 Å². The molecule has 1 fully saturated rings. The monoisotopic (exact) mass is 143 g/mol. The molecule has 2 N–H and O–H groups in total. The molecule has 1 rings (SSSR count). The van der Waals surface area contributed by atoms with E-state index in [4.69, 9.17) is 5.11 Å². The Balaban J connectivity index is 2.63. The summed E-state index contributed by atoms with van der Waals surface area (Å²) in [5, 5.41) is 11.0. The molecule has 1 amide bonds. The Morgan fingerprint density at radius 3 is 2.60 bits per heavy atom. The number of rotatable bonds is 1. The van der Waals surface area contributed by atoms with Crippen molar-refractivity contribution >= 4 is 11.9 Å². The Bertz CT molecular complexity index is 178. The van der Waals surface area contributed by atoms with Gasteiger partial charge < -0.3 is 10.4 Å². The lowest BCUT2D eigenvalue weighted by atomic mass is 10.0. The summed E-state index contributed by atoms with van der Waals surface area (Å²) in [6.45, 7) is 1.70. The summed E-state index contributed by atoms with van der Waals surface area (Å²) in [4.78, 5) is 21.0. The number of carbonyl (C=O) groups excluding carboxylic acids is 1. The van der Waals surface area contributed by atoms with Gasteiger partial charge in [0, 0.05) is 12.5 Å². The summed E-state index contributed by atoms with van der Waals surface area (Å²) in [6, 6.07) is -0.218. The van der Waals surface area contributed by atoms with E-state index in [1.807, 2.05) is 0 Å². The number of carboxylic acids is 1. The molecule has 0 spiro atoms. The van der Waals surface area contributed by atoms with Gasteiger partial charge in [-0.25, -0.2) is 0 Å². The third kappa shape index (κ3) is 1.10. The predicted octanol–water partition coefficient (Wildman–Crippen LogP) is -0.404. The molecule has 1 saturated heterocycles. The minimum Gasteiger partial charge on any atom is -0.481 e. The zero-order chi connectivity index (χ0) is 7.72. The molecular formula is C6H9NO3. The minimum absolute atomic E-state index is 0.122. The summed E-state index contributed by atoms with van der Waals surface area (Å²) in [7, 11) is 0. The van der Waals surface area contributed by atoms with Crippen LogP contribution in [-0.2, 0) is 9.59 Å². The topological polar surface area (TPSA) is 66.4 Å². The van der Waals surface area contributed by atoms with Crippen LogP contribution in [0.25, 0.3) is 0 Å². The Hall–Kier alpha value is -1.06. The first-order valence-electron chi connectivity index (χ1n) is 3.13. The highest BCUT2D eigenvalue weighted by Crippen LogP contribution is 2.15. The molecule has 1 heterocycles. The van der Waals surface area contributed by atoms with Gasteiger partial charge in [-0.05, 0) is 6.92 Å². The molecule has 0 unspecified atom stereocenters. The minimum atomic E-state index is -0.897. The fourth-order valence-electron chi connectivity index (χ4n) is 1.09. The van der Waals surface area contributed by atoms with Gasteiger partial charge in [0.15, 0.2) is 0 Å². The molecule has 10 heavy (non-hydrogen) atoms. The van der Waals surface area contributed by atoms with Gasteiger partial charge in [0.1, 0.15) is 0 Å². The van der Waals surface area contributed by atoms with Crippen molar-refractivity contribution in [3.05, 3.63) is 0 Å². The van der Waals surface area contributed by atoms with Crippen molar-refractivity contribution in [2.24, 2.45) is 5.92 Å². The number of carbonyl (C=O) groups is 2. The molecule has 0 aromatic heterocycles. The fourth-order valence-corrected chi connectivity index (χ4v) is 1.09. The Labute approximate surface area is 58.2 Å². The van der Waals surface area contributed by atoms with Crippen LogP contribution in [0.5, 0.6) is 0 Å². The molecular weight excluding hydrogens is 134 g/mol. The fraction of sp³-hybridized carbons (Fsp3) is 0.667. The summed E-state index contributed by atoms with van der Waals surface area (Å²) in [5.74, 6) is -1.60. The van der Waals surface area contributed by atoms with Crippen LogP contribution in [0.15, 0.2) is 0 Å². The van der Waals surface area contributed by atoms with E-state index in [2.05, 4.69) is 5.32 Å². The van der Waals surface area contributed by atoms with E-state index in [1.165, 1.54) is 0 Å². The van der Waals surface area contributed by atoms with E-state index in [-0.39, 0.29) is 18.4 Å². The van der Waals surface area contributed by atoms with E-state index in [9.17, 15) is 9.59 Å². The number of aliphatic carboxylic acids is 1. The van der Waals surface area contributed by atoms with Gasteiger partial charge in [-0.1, -0.05) is 0 Å². The second-order valence-corrected chi connectivity index (χ2v) is 2.51. The number of hydrogen-bond acceptors (Lipinski definition) is 2. The summed E-state index contributed by atoms with van der Waals surface area (Å²) in [6.07, 6.45) is 0.122. The van der Waals surface area contributed by atoms with Crippen molar-refractivity contribution in [3.8, 4) is 0 Å². The maximum atomic E-state index is 10.6. The highest BCUT2D eigenvalue weighted by molar-refractivity contribution is 5.86. The summed E-state index contributed by atoms with van der Waals surface area (Å²) >= 11 is 0. The molecule has 4 nitrogen and oxygen atoms in total. The Kier molecular flexibility index (Phi) is 1.61. The lowest BCUT2D eigenvalue weighted by Gasteiger charge is -2.06. The van der Waals surface area contributed by atoms with Crippen molar-refractivity contribution in [2.45, 2.75) is 19.4 Å². The van der Waals surface area contributed by atoms with Gasteiger partial charge in [-0.2, -0.15) is 0 Å². The zero-order valence-corrected chi connectivity index (χ0v) is 5.63. The molecule has 0 bridgehead atoms. The standard InChI is InChI=1S/C6H9NO3/c1-3-4(6(9)10)2-5(8)7-3/h3-4H,2H2,1H3,(H,7,8)(H,9,10)/t3-,4-/m0/s1. The Morgan fingerprint density at radius 1 is 1.80 bits per heavy atom. The van der Waals surface area contributed by atoms with Gasteiger partial charge in [0.2, 0.25) is 5.91 Å². The molecule has 2 atom stereocenters. The third-order valence-electron chi connectivity index (χ3n) is 1.71. The van der Waals surface area contributed by atoms with Gasteiger partial charge >= 0.3 is 5.97 Å². The predicted molar refractivity (Wildman–Crippen MR) is 33.3 cm³/mol. The number of carboxylic acid groups (broad SMARTS) is 1. The maximum Gasteiger partial charge on any atom is 0.309 e. The molecule has 0 aromatic rings. The molecule has 0 saturated carbocycles. The van der Waals surface area contributed by atoms with Gasteiger partial charge in [-0.15, -0.1) is 0 Å². The van der Waals surface area contributed by atoms with Crippen molar-refractivity contribution in [1.29, 1.82) is 0 Å². The third-order valence-corrected chi connectivity index (χ3v) is 1.71. The van der Waals surface area contributed by atoms with Crippen LogP contribution < -0.4 is 5.32 Å². The molecule has 4 heteroatoms. The molecule has 0 aromatic carbocycles. The van der Waals surface area contributed by atoms with Gasteiger partial charge in [0.05, 0.1) is 5.92 Å². The van der Waals surface area contributed by atoms with E-state index in [1.54, 1.807) is 6.92 Å². The van der Waals surface area contributed by atoms with Crippen LogP contribution in [0.1, 0.15) is 13.3 Å². The lowest BCUT2D eigenvalue weighted by Crippen LogP contribution is -2.28. The quantitative estimate of drug-likeness (QED) is 0.524. The van der Waals surface area contributed by atoms with Crippen LogP contribution in [0.4, 0.5) is 0 Å². The van der Waals surface area contributed by atoms with Crippen LogP contribution >= 0.6 is 0 Å². The zero-order valence-electron chi connectivity index (χ0n) is 5.63. The largest absolute Gasteiger partial charge is 0.481 e. The SMILES string of the molecule is C[C@@H]1NC(=O)C[C@@H]1C(=O)O. The van der Waals surface area contributed by atoms with E-state index in [0.29, 0.717) is 0 Å². The van der Waals surface area contributed by atoms with Crippen LogP contribution in [0.3, 0.4) is 0 Å². The average molecular weight is 143 g/mol. The number of hydrogen-bond donors (Lipinski definition) is 2. The van der Waals surface area contributed by atoms with Crippen LogP contribution in [-0.4, -0.2) is 23.0 Å². The molecule has 1 aliphatic rings. The van der Waals surface area contributed by atoms with Crippen molar-refractivity contribution in [2.75, 3.05) is 0 Å². The number of amides is 1. The van der Waals surface area contributed by atoms with Gasteiger partial charge in [-0.3, -0.25) is 9.59 Å². The molecule has 0 radical (unpaired) electrons. The summed E-state index contributed by atoms with van der Waals surface area (Å²) in [5.41, 5.74) is 0. The highest BCUT2D eigenvalue weighted by atomic mass is 16.4. The average Bonchev–Trinajstić information content (AvgIpc) is 2.10. The first kappa shape index (κ1) is 7.05. The van der Waals surface area contributed by atoms with Crippen LogP contribution in [0.2, 0.25) is 0 Å². The Morgan fingerprint density at radius 2 is 2.40 bits per heavy atom. The van der Waals surface area contributed by atoms with Gasteiger partial charge in [0.25, 0.3) is 0 Å².